The molecule has 1 aromatic heterocycles. The van der Waals surface area contributed by atoms with E-state index in [4.69, 9.17) is 0 Å². The van der Waals surface area contributed by atoms with E-state index in [1.54, 1.807) is 16.4 Å². The van der Waals surface area contributed by atoms with Gasteiger partial charge in [-0.05, 0) is 10.4 Å². The predicted octanol–water partition coefficient (Wildman–Crippen LogP) is 0.491. The molecule has 90 valence electrons. The van der Waals surface area contributed by atoms with Crippen molar-refractivity contribution in [2.45, 2.75) is 17.0 Å². The van der Waals surface area contributed by atoms with E-state index in [0.717, 1.165) is 22.4 Å². The Labute approximate surface area is 107 Å². The number of hydrogen-bond donors (Lipinski definition) is 0. The van der Waals surface area contributed by atoms with Crippen LogP contribution < -0.4 is 0 Å². The van der Waals surface area contributed by atoms with Crippen molar-refractivity contribution in [3.8, 4) is 0 Å². The number of aryl methyl sites for hydroxylation is 1. The van der Waals surface area contributed by atoms with Gasteiger partial charge in [0.25, 0.3) is 0 Å². The van der Waals surface area contributed by atoms with Gasteiger partial charge in [-0.25, -0.2) is 4.68 Å². The minimum absolute atomic E-state index is 0.227. The van der Waals surface area contributed by atoms with Gasteiger partial charge in [0, 0.05) is 24.3 Å². The van der Waals surface area contributed by atoms with E-state index in [9.17, 15) is 4.79 Å². The van der Waals surface area contributed by atoms with E-state index in [1.165, 1.54) is 0 Å². The van der Waals surface area contributed by atoms with Crippen LogP contribution in [0.4, 0.5) is 0 Å². The molecule has 1 aromatic rings. The fourth-order valence-electron chi connectivity index (χ4n) is 1.83. The largest absolute Gasteiger partial charge is 0.303 e. The molecule has 6 nitrogen and oxygen atoms in total. The van der Waals surface area contributed by atoms with E-state index >= 15 is 0 Å². The Balaban J connectivity index is 1.67. The van der Waals surface area contributed by atoms with E-state index in [2.05, 4.69) is 21.6 Å². The lowest BCUT2D eigenvalue weighted by atomic mass is 10.1. The lowest BCUT2D eigenvalue weighted by molar-refractivity contribution is -0.138. The van der Waals surface area contributed by atoms with Crippen LogP contribution in [0.25, 0.3) is 0 Å². The first kappa shape index (κ1) is 11.1. The zero-order chi connectivity index (χ0) is 11.8. The van der Waals surface area contributed by atoms with Crippen LogP contribution in [-0.2, 0) is 11.8 Å². The number of nitrogens with zero attached hydrogens (tertiary/aromatic N) is 5. The van der Waals surface area contributed by atoms with Crippen LogP contribution in [0.1, 0.15) is 6.42 Å². The third-order valence-electron chi connectivity index (χ3n) is 2.75. The number of tetrazole rings is 1. The Morgan fingerprint density at radius 2 is 2.53 bits per heavy atom. The number of rotatable bonds is 3. The number of carbonyl (C=O) groups is 1. The summed E-state index contributed by atoms with van der Waals surface area (Å²) in [5, 5.41) is 12.4. The van der Waals surface area contributed by atoms with Crippen molar-refractivity contribution in [1.82, 2.24) is 25.1 Å². The molecule has 0 saturated carbocycles. The lowest BCUT2D eigenvalue weighted by Crippen LogP contribution is -2.51. The SMILES string of the molecule is Cn1nnnc1SCC1=CCSC2CC(=O)N12. The molecule has 3 heterocycles. The Hall–Kier alpha value is -1.02. The van der Waals surface area contributed by atoms with Crippen molar-refractivity contribution < 1.29 is 4.79 Å². The number of carbonyl (C=O) groups excluding carboxylic acids is 1. The fraction of sp³-hybridized carbons (Fsp3) is 0.556. The topological polar surface area (TPSA) is 63.9 Å². The number of β-lactam (4-membered cyclic amide) rings is 1. The first-order valence-electron chi connectivity index (χ1n) is 5.23. The van der Waals surface area contributed by atoms with E-state index < -0.39 is 0 Å². The van der Waals surface area contributed by atoms with Gasteiger partial charge in [0.2, 0.25) is 11.1 Å². The summed E-state index contributed by atoms with van der Waals surface area (Å²) in [6.07, 6.45) is 2.80. The summed E-state index contributed by atoms with van der Waals surface area (Å²) in [5.74, 6) is 1.96. The fourth-order valence-corrected chi connectivity index (χ4v) is 3.85. The summed E-state index contributed by atoms with van der Waals surface area (Å²) < 4.78 is 1.64. The molecule has 1 saturated heterocycles. The standard InChI is InChI=1S/C9H11N5OS2/c1-13-9(10-11-12-13)17-5-6-2-3-16-8-4-7(15)14(6)8/h2,8H,3-5H2,1H3. The van der Waals surface area contributed by atoms with Crippen LogP contribution in [0.2, 0.25) is 0 Å². The minimum atomic E-state index is 0.227. The van der Waals surface area contributed by atoms with Gasteiger partial charge in [-0.1, -0.05) is 17.8 Å². The second kappa shape index (κ2) is 4.34. The molecule has 1 fully saturated rings. The number of hydrogen-bond acceptors (Lipinski definition) is 6. The van der Waals surface area contributed by atoms with Crippen molar-refractivity contribution in [2.24, 2.45) is 7.05 Å². The zero-order valence-corrected chi connectivity index (χ0v) is 10.9. The van der Waals surface area contributed by atoms with Crippen LogP contribution in [0.15, 0.2) is 16.9 Å². The molecule has 0 radical (unpaired) electrons. The van der Waals surface area contributed by atoms with Crippen molar-refractivity contribution >= 4 is 29.4 Å². The highest BCUT2D eigenvalue weighted by Crippen LogP contribution is 2.38. The molecule has 3 rings (SSSR count). The van der Waals surface area contributed by atoms with E-state index in [-0.39, 0.29) is 5.91 Å². The molecule has 0 aliphatic carbocycles. The molecule has 8 heteroatoms. The van der Waals surface area contributed by atoms with Gasteiger partial charge >= 0.3 is 0 Å². The summed E-state index contributed by atoms with van der Waals surface area (Å²) in [5.41, 5.74) is 1.10. The second-order valence-corrected chi connectivity index (χ2v) is 5.98. The molecule has 1 unspecified atom stereocenters. The third-order valence-corrected chi connectivity index (χ3v) is 4.92. The summed E-state index contributed by atoms with van der Waals surface area (Å²) in [6, 6.07) is 0. The number of amides is 1. The molecule has 0 aromatic carbocycles. The van der Waals surface area contributed by atoms with Crippen molar-refractivity contribution in [3.05, 3.63) is 11.8 Å². The average molecular weight is 269 g/mol. The molecular formula is C9H11N5OS2. The highest BCUT2D eigenvalue weighted by molar-refractivity contribution is 8.00. The van der Waals surface area contributed by atoms with E-state index in [0.29, 0.717) is 11.8 Å². The highest BCUT2D eigenvalue weighted by Gasteiger charge is 2.40. The Morgan fingerprint density at radius 1 is 1.65 bits per heavy atom. The van der Waals surface area contributed by atoms with Crippen molar-refractivity contribution in [1.29, 1.82) is 0 Å². The molecular weight excluding hydrogens is 258 g/mol. The maximum Gasteiger partial charge on any atom is 0.230 e. The summed E-state index contributed by atoms with van der Waals surface area (Å²) in [6.45, 7) is 0. The third kappa shape index (κ3) is 1.95. The smallest absolute Gasteiger partial charge is 0.230 e. The molecule has 0 bridgehead atoms. The summed E-state index contributed by atoms with van der Waals surface area (Å²) in [4.78, 5) is 13.4. The summed E-state index contributed by atoms with van der Waals surface area (Å²) in [7, 11) is 1.81. The normalized spacial score (nSPS) is 23.1. The number of aromatic nitrogens is 4. The Kier molecular flexibility index (Phi) is 2.83. The van der Waals surface area contributed by atoms with Crippen LogP contribution in [-0.4, -0.2) is 47.9 Å². The van der Waals surface area contributed by atoms with Gasteiger partial charge in [0.05, 0.1) is 11.8 Å². The average Bonchev–Trinajstić information content (AvgIpc) is 2.70. The van der Waals surface area contributed by atoms with Gasteiger partial charge in [-0.15, -0.1) is 16.9 Å². The van der Waals surface area contributed by atoms with Gasteiger partial charge in [-0.3, -0.25) is 4.79 Å². The Bertz CT molecular complexity index is 485. The zero-order valence-electron chi connectivity index (χ0n) is 9.24. The monoisotopic (exact) mass is 269 g/mol. The molecule has 0 spiro atoms. The maximum atomic E-state index is 11.5. The number of thioether (sulfide) groups is 2. The quantitative estimate of drug-likeness (QED) is 0.588. The first-order chi connectivity index (χ1) is 8.25. The molecule has 17 heavy (non-hydrogen) atoms. The first-order valence-corrected chi connectivity index (χ1v) is 7.27. The van der Waals surface area contributed by atoms with Gasteiger partial charge in [0.1, 0.15) is 0 Å². The van der Waals surface area contributed by atoms with Crippen LogP contribution in [0.5, 0.6) is 0 Å². The van der Waals surface area contributed by atoms with Crippen LogP contribution >= 0.6 is 23.5 Å². The predicted molar refractivity (Wildman–Crippen MR) is 65.3 cm³/mol. The minimum Gasteiger partial charge on any atom is -0.303 e. The molecule has 1 amide bonds. The van der Waals surface area contributed by atoms with Crippen LogP contribution in [0, 0.1) is 0 Å². The molecule has 2 aliphatic rings. The summed E-state index contributed by atoms with van der Waals surface area (Å²) >= 11 is 3.38. The maximum absolute atomic E-state index is 11.5. The number of fused-ring (bicyclic) bond motifs is 1. The lowest BCUT2D eigenvalue weighted by Gasteiger charge is -2.43. The van der Waals surface area contributed by atoms with Gasteiger partial charge in [-0.2, -0.15) is 0 Å². The highest BCUT2D eigenvalue weighted by atomic mass is 32.2. The Morgan fingerprint density at radius 3 is 3.24 bits per heavy atom. The van der Waals surface area contributed by atoms with Crippen LogP contribution in [0.3, 0.4) is 0 Å². The van der Waals surface area contributed by atoms with E-state index in [1.807, 2.05) is 23.7 Å². The van der Waals surface area contributed by atoms with Gasteiger partial charge < -0.3 is 4.90 Å². The molecule has 0 N–H and O–H groups in total. The second-order valence-electron chi connectivity index (χ2n) is 3.83. The molecule has 2 aliphatic heterocycles. The van der Waals surface area contributed by atoms with Gasteiger partial charge in [0.15, 0.2) is 0 Å². The van der Waals surface area contributed by atoms with Crippen molar-refractivity contribution in [3.63, 3.8) is 0 Å². The molecule has 1 atom stereocenters. The van der Waals surface area contributed by atoms with Crippen molar-refractivity contribution in [2.75, 3.05) is 11.5 Å².